The highest BCUT2D eigenvalue weighted by atomic mass is 16.3. The molecule has 0 saturated heterocycles. The number of rotatable bonds is 10. The predicted octanol–water partition coefficient (Wildman–Crippen LogP) is -1.49. The molecule has 0 radical (unpaired) electrons. The SMILES string of the molecule is CC(=O)NCCCCCC(=O)NC(CO)(CO)CO. The Bertz CT molecular complexity index is 271. The lowest BCUT2D eigenvalue weighted by atomic mass is 10.0. The molecule has 2 amide bonds. The molecule has 0 aliphatic heterocycles. The van der Waals surface area contributed by atoms with Gasteiger partial charge in [-0.05, 0) is 12.8 Å². The van der Waals surface area contributed by atoms with Crippen LogP contribution in [0.2, 0.25) is 0 Å². The van der Waals surface area contributed by atoms with E-state index in [4.69, 9.17) is 15.3 Å². The van der Waals surface area contributed by atoms with Gasteiger partial charge in [0.25, 0.3) is 0 Å². The zero-order valence-corrected chi connectivity index (χ0v) is 11.3. The number of hydrogen-bond acceptors (Lipinski definition) is 5. The summed E-state index contributed by atoms with van der Waals surface area (Å²) in [6, 6.07) is 0. The summed E-state index contributed by atoms with van der Waals surface area (Å²) in [5.74, 6) is -0.395. The van der Waals surface area contributed by atoms with Crippen LogP contribution in [-0.4, -0.2) is 59.0 Å². The predicted molar refractivity (Wildman–Crippen MR) is 69.3 cm³/mol. The molecule has 0 heterocycles. The molecule has 0 aliphatic carbocycles. The quantitative estimate of drug-likeness (QED) is 0.312. The topological polar surface area (TPSA) is 119 Å². The van der Waals surface area contributed by atoms with Crippen LogP contribution in [0.15, 0.2) is 0 Å². The Morgan fingerprint density at radius 1 is 1.00 bits per heavy atom. The van der Waals surface area contributed by atoms with Crippen molar-refractivity contribution in [2.24, 2.45) is 0 Å². The van der Waals surface area contributed by atoms with Crippen LogP contribution in [0.4, 0.5) is 0 Å². The maximum Gasteiger partial charge on any atom is 0.220 e. The summed E-state index contributed by atoms with van der Waals surface area (Å²) in [7, 11) is 0. The van der Waals surface area contributed by atoms with Gasteiger partial charge >= 0.3 is 0 Å². The number of carbonyl (C=O) groups is 2. The fourth-order valence-corrected chi connectivity index (χ4v) is 1.48. The van der Waals surface area contributed by atoms with Crippen LogP contribution in [0.25, 0.3) is 0 Å². The van der Waals surface area contributed by atoms with Crippen molar-refractivity contribution in [2.75, 3.05) is 26.4 Å². The molecule has 5 N–H and O–H groups in total. The number of amides is 2. The minimum atomic E-state index is -1.35. The number of unbranched alkanes of at least 4 members (excludes halogenated alkanes) is 2. The summed E-state index contributed by atoms with van der Waals surface area (Å²) in [4.78, 5) is 22.2. The zero-order valence-electron chi connectivity index (χ0n) is 11.3. The molecule has 0 aromatic carbocycles. The largest absolute Gasteiger partial charge is 0.394 e. The van der Waals surface area contributed by atoms with E-state index in [1.165, 1.54) is 6.92 Å². The molecule has 0 atom stereocenters. The van der Waals surface area contributed by atoms with Gasteiger partial charge in [-0.2, -0.15) is 0 Å². The molecular formula is C12H24N2O5. The van der Waals surface area contributed by atoms with Gasteiger partial charge in [0, 0.05) is 19.9 Å². The van der Waals surface area contributed by atoms with Crippen LogP contribution < -0.4 is 10.6 Å². The number of carbonyl (C=O) groups excluding carboxylic acids is 2. The second-order valence-corrected chi connectivity index (χ2v) is 4.60. The van der Waals surface area contributed by atoms with Crippen LogP contribution >= 0.6 is 0 Å². The highest BCUT2D eigenvalue weighted by Crippen LogP contribution is 2.05. The molecule has 7 heteroatoms. The summed E-state index contributed by atoms with van der Waals surface area (Å²) in [5.41, 5.74) is -1.35. The second-order valence-electron chi connectivity index (χ2n) is 4.60. The summed E-state index contributed by atoms with van der Waals surface area (Å²) >= 11 is 0. The molecular weight excluding hydrogens is 252 g/mol. The van der Waals surface area contributed by atoms with E-state index in [1.54, 1.807) is 0 Å². The number of nitrogens with one attached hydrogen (secondary N) is 2. The van der Waals surface area contributed by atoms with Crippen molar-refractivity contribution >= 4 is 11.8 Å². The number of hydrogen-bond donors (Lipinski definition) is 5. The summed E-state index contributed by atoms with van der Waals surface area (Å²) in [6.45, 7) is 0.479. The van der Waals surface area contributed by atoms with Crippen LogP contribution in [-0.2, 0) is 9.59 Å². The summed E-state index contributed by atoms with van der Waals surface area (Å²) in [6.07, 6.45) is 2.47. The summed E-state index contributed by atoms with van der Waals surface area (Å²) < 4.78 is 0. The van der Waals surface area contributed by atoms with Crippen LogP contribution in [0.5, 0.6) is 0 Å². The molecule has 0 spiro atoms. The Hall–Kier alpha value is -1.18. The number of aliphatic hydroxyl groups is 3. The van der Waals surface area contributed by atoms with E-state index in [9.17, 15) is 9.59 Å². The van der Waals surface area contributed by atoms with E-state index in [0.29, 0.717) is 13.0 Å². The molecule has 0 aromatic rings. The monoisotopic (exact) mass is 276 g/mol. The third-order valence-corrected chi connectivity index (χ3v) is 2.77. The van der Waals surface area contributed by atoms with Gasteiger partial charge in [0.05, 0.1) is 19.8 Å². The molecule has 7 nitrogen and oxygen atoms in total. The van der Waals surface area contributed by atoms with Crippen LogP contribution in [0.3, 0.4) is 0 Å². The van der Waals surface area contributed by atoms with Crippen LogP contribution in [0.1, 0.15) is 32.6 Å². The van der Waals surface area contributed by atoms with Gasteiger partial charge in [-0.3, -0.25) is 9.59 Å². The van der Waals surface area contributed by atoms with Gasteiger partial charge in [0.1, 0.15) is 5.54 Å². The zero-order chi connectivity index (χ0) is 14.7. The molecule has 19 heavy (non-hydrogen) atoms. The average molecular weight is 276 g/mol. The fourth-order valence-electron chi connectivity index (χ4n) is 1.48. The Morgan fingerprint density at radius 2 is 1.58 bits per heavy atom. The molecule has 0 aromatic heterocycles. The van der Waals surface area contributed by atoms with Gasteiger partial charge in [-0.1, -0.05) is 6.42 Å². The Kier molecular flexibility index (Phi) is 9.11. The lowest BCUT2D eigenvalue weighted by Crippen LogP contribution is -2.57. The first-order chi connectivity index (χ1) is 8.99. The molecule has 112 valence electrons. The highest BCUT2D eigenvalue weighted by Gasteiger charge is 2.29. The Labute approximate surface area is 113 Å². The van der Waals surface area contributed by atoms with Gasteiger partial charge in [-0.15, -0.1) is 0 Å². The smallest absolute Gasteiger partial charge is 0.220 e. The minimum absolute atomic E-state index is 0.0728. The van der Waals surface area contributed by atoms with E-state index < -0.39 is 25.4 Å². The van der Waals surface area contributed by atoms with Crippen molar-refractivity contribution in [3.63, 3.8) is 0 Å². The Morgan fingerprint density at radius 3 is 2.05 bits per heavy atom. The summed E-state index contributed by atoms with van der Waals surface area (Å²) in [5, 5.41) is 32.2. The normalized spacial score (nSPS) is 11.2. The maximum absolute atomic E-state index is 11.6. The third-order valence-electron chi connectivity index (χ3n) is 2.77. The molecule has 0 bridgehead atoms. The standard InChI is InChI=1S/C12H24N2O5/c1-10(18)13-6-4-2-3-5-11(19)14-12(7-15,8-16)9-17/h15-17H,2-9H2,1H3,(H,13,18)(H,14,19). The molecule has 0 saturated carbocycles. The van der Waals surface area contributed by atoms with Gasteiger partial charge in [0.2, 0.25) is 11.8 Å². The van der Waals surface area contributed by atoms with Crippen molar-refractivity contribution in [2.45, 2.75) is 38.1 Å². The molecule has 0 fully saturated rings. The Balaban J connectivity index is 3.77. The van der Waals surface area contributed by atoms with E-state index in [-0.39, 0.29) is 18.2 Å². The van der Waals surface area contributed by atoms with Crippen LogP contribution in [0, 0.1) is 0 Å². The first-order valence-corrected chi connectivity index (χ1v) is 6.37. The van der Waals surface area contributed by atoms with Crippen molar-refractivity contribution in [1.29, 1.82) is 0 Å². The lowest BCUT2D eigenvalue weighted by Gasteiger charge is -2.28. The van der Waals surface area contributed by atoms with Crippen molar-refractivity contribution < 1.29 is 24.9 Å². The maximum atomic E-state index is 11.6. The van der Waals surface area contributed by atoms with Crippen molar-refractivity contribution in [1.82, 2.24) is 10.6 Å². The van der Waals surface area contributed by atoms with Gasteiger partial charge in [-0.25, -0.2) is 0 Å². The first kappa shape index (κ1) is 17.8. The third kappa shape index (κ3) is 7.76. The molecule has 0 unspecified atom stereocenters. The van der Waals surface area contributed by atoms with E-state index in [1.807, 2.05) is 0 Å². The van der Waals surface area contributed by atoms with Gasteiger partial charge < -0.3 is 26.0 Å². The van der Waals surface area contributed by atoms with Gasteiger partial charge in [0.15, 0.2) is 0 Å². The minimum Gasteiger partial charge on any atom is -0.394 e. The molecule has 0 aliphatic rings. The van der Waals surface area contributed by atoms with Crippen molar-refractivity contribution in [3.8, 4) is 0 Å². The molecule has 0 rings (SSSR count). The van der Waals surface area contributed by atoms with E-state index >= 15 is 0 Å². The lowest BCUT2D eigenvalue weighted by molar-refractivity contribution is -0.125. The fraction of sp³-hybridized carbons (Fsp3) is 0.833. The number of aliphatic hydroxyl groups excluding tert-OH is 3. The highest BCUT2D eigenvalue weighted by molar-refractivity contribution is 5.76. The van der Waals surface area contributed by atoms with E-state index in [2.05, 4.69) is 10.6 Å². The van der Waals surface area contributed by atoms with E-state index in [0.717, 1.165) is 12.8 Å². The second kappa shape index (κ2) is 9.71. The first-order valence-electron chi connectivity index (χ1n) is 6.37. The average Bonchev–Trinajstić information content (AvgIpc) is 2.40. The van der Waals surface area contributed by atoms with Crippen molar-refractivity contribution in [3.05, 3.63) is 0 Å².